The first-order valence-electron chi connectivity index (χ1n) is 5.80. The lowest BCUT2D eigenvalue weighted by Gasteiger charge is -2.10. The van der Waals surface area contributed by atoms with Gasteiger partial charge in [0.25, 0.3) is 0 Å². The van der Waals surface area contributed by atoms with Crippen molar-refractivity contribution in [1.29, 1.82) is 0 Å². The van der Waals surface area contributed by atoms with Crippen LogP contribution in [0.2, 0.25) is 0 Å². The number of carbonyl (C=O) groups excluding carboxylic acids is 1. The fourth-order valence-corrected chi connectivity index (χ4v) is 1.46. The second-order valence-electron chi connectivity index (χ2n) is 4.00. The van der Waals surface area contributed by atoms with Gasteiger partial charge in [-0.05, 0) is 12.8 Å². The minimum atomic E-state index is -1.07. The molecule has 0 radical (unpaired) electrons. The number of nitrogens with two attached hydrogens (primary N) is 1. The van der Waals surface area contributed by atoms with Gasteiger partial charge in [0.2, 0.25) is 5.91 Å². The molecule has 1 unspecified atom stereocenters. The van der Waals surface area contributed by atoms with Gasteiger partial charge in [-0.1, -0.05) is 0 Å². The predicted molar refractivity (Wildman–Crippen MR) is 64.7 cm³/mol. The predicted octanol–water partition coefficient (Wildman–Crippen LogP) is -0.418. The van der Waals surface area contributed by atoms with Crippen LogP contribution in [0.5, 0.6) is 0 Å². The molecule has 0 aromatic carbocycles. The maximum atomic E-state index is 11.4. The lowest BCUT2D eigenvalue weighted by atomic mass is 10.2. The maximum Gasteiger partial charge on any atom is 0.305 e. The maximum absolute atomic E-state index is 11.4. The highest BCUT2D eigenvalue weighted by Crippen LogP contribution is 1.95. The number of rotatable bonds is 8. The van der Waals surface area contributed by atoms with E-state index in [2.05, 4.69) is 10.3 Å². The molecule has 1 atom stereocenters. The molecule has 1 aromatic rings. The highest BCUT2D eigenvalue weighted by molar-refractivity contribution is 5.85. The molecule has 0 aliphatic carbocycles. The molecule has 0 spiro atoms. The minimum absolute atomic E-state index is 0.346. The summed E-state index contributed by atoms with van der Waals surface area (Å²) >= 11 is 0. The monoisotopic (exact) mass is 254 g/mol. The number of hydrogen-bond donors (Lipinski definition) is 3. The van der Waals surface area contributed by atoms with Gasteiger partial charge in [-0.15, -0.1) is 0 Å². The number of nitrogens with one attached hydrogen (secondary N) is 1. The number of carboxylic acids is 1. The molecule has 100 valence electrons. The van der Waals surface area contributed by atoms with Crippen molar-refractivity contribution in [1.82, 2.24) is 14.9 Å². The van der Waals surface area contributed by atoms with Gasteiger partial charge in [-0.3, -0.25) is 9.59 Å². The average molecular weight is 254 g/mol. The standard InChI is InChI=1S/C11H18N4O3/c12-9(7-10(16)17)11(18)14-3-1-2-5-15-6-4-13-8-15/h4,6,8-9H,1-3,5,7,12H2,(H,14,18)(H,16,17). The van der Waals surface area contributed by atoms with E-state index < -0.39 is 17.9 Å². The van der Waals surface area contributed by atoms with Gasteiger partial charge in [0.05, 0.1) is 18.8 Å². The van der Waals surface area contributed by atoms with Gasteiger partial charge in [-0.2, -0.15) is 0 Å². The number of unbranched alkanes of at least 4 members (excludes halogenated alkanes) is 1. The summed E-state index contributed by atoms with van der Waals surface area (Å²) in [6, 6.07) is -0.976. The van der Waals surface area contributed by atoms with Crippen LogP contribution in [-0.4, -0.2) is 39.1 Å². The molecule has 1 aromatic heterocycles. The van der Waals surface area contributed by atoms with Crippen LogP contribution >= 0.6 is 0 Å². The molecule has 7 nitrogen and oxygen atoms in total. The highest BCUT2D eigenvalue weighted by atomic mass is 16.4. The molecule has 0 saturated carbocycles. The molecule has 0 aliphatic rings. The fourth-order valence-electron chi connectivity index (χ4n) is 1.46. The van der Waals surface area contributed by atoms with Crippen molar-refractivity contribution in [3.05, 3.63) is 18.7 Å². The number of aromatic nitrogens is 2. The molecule has 0 saturated heterocycles. The van der Waals surface area contributed by atoms with Crippen LogP contribution in [0.3, 0.4) is 0 Å². The number of carbonyl (C=O) groups is 2. The highest BCUT2D eigenvalue weighted by Gasteiger charge is 2.15. The van der Waals surface area contributed by atoms with E-state index >= 15 is 0 Å². The van der Waals surface area contributed by atoms with Crippen molar-refractivity contribution in [3.63, 3.8) is 0 Å². The number of amides is 1. The topological polar surface area (TPSA) is 110 Å². The lowest BCUT2D eigenvalue weighted by Crippen LogP contribution is -2.42. The molecule has 0 bridgehead atoms. The molecule has 1 amide bonds. The lowest BCUT2D eigenvalue weighted by molar-refractivity contribution is -0.139. The third-order valence-corrected chi connectivity index (χ3v) is 2.43. The van der Waals surface area contributed by atoms with Crippen LogP contribution < -0.4 is 11.1 Å². The van der Waals surface area contributed by atoms with Crippen molar-refractivity contribution in [2.75, 3.05) is 6.54 Å². The van der Waals surface area contributed by atoms with Crippen LogP contribution in [0, 0.1) is 0 Å². The Labute approximate surface area is 105 Å². The van der Waals surface area contributed by atoms with Gasteiger partial charge in [0, 0.05) is 25.5 Å². The largest absolute Gasteiger partial charge is 0.481 e. The van der Waals surface area contributed by atoms with Crippen LogP contribution in [0.4, 0.5) is 0 Å². The van der Waals surface area contributed by atoms with Crippen molar-refractivity contribution < 1.29 is 14.7 Å². The van der Waals surface area contributed by atoms with E-state index in [-0.39, 0.29) is 6.42 Å². The Morgan fingerprint density at radius 1 is 1.44 bits per heavy atom. The molecule has 4 N–H and O–H groups in total. The van der Waals surface area contributed by atoms with Crippen molar-refractivity contribution in [2.24, 2.45) is 5.73 Å². The van der Waals surface area contributed by atoms with E-state index in [0.717, 1.165) is 19.4 Å². The molecule has 7 heteroatoms. The fraction of sp³-hybridized carbons (Fsp3) is 0.545. The first-order valence-corrected chi connectivity index (χ1v) is 5.80. The number of nitrogens with zero attached hydrogens (tertiary/aromatic N) is 2. The van der Waals surface area contributed by atoms with Gasteiger partial charge in [-0.25, -0.2) is 4.98 Å². The van der Waals surface area contributed by atoms with Gasteiger partial charge >= 0.3 is 5.97 Å². The van der Waals surface area contributed by atoms with Crippen molar-refractivity contribution in [3.8, 4) is 0 Å². The Kier molecular flexibility index (Phi) is 5.86. The molecule has 18 heavy (non-hydrogen) atoms. The zero-order valence-corrected chi connectivity index (χ0v) is 10.1. The van der Waals surface area contributed by atoms with Crippen LogP contribution in [0.25, 0.3) is 0 Å². The van der Waals surface area contributed by atoms with E-state index in [9.17, 15) is 9.59 Å². The summed E-state index contributed by atoms with van der Waals surface area (Å²) in [5, 5.41) is 11.1. The molecular formula is C11H18N4O3. The van der Waals surface area contributed by atoms with Crippen LogP contribution in [0.1, 0.15) is 19.3 Å². The van der Waals surface area contributed by atoms with Crippen molar-refractivity contribution >= 4 is 11.9 Å². The summed E-state index contributed by atoms with van der Waals surface area (Å²) in [4.78, 5) is 25.6. The Morgan fingerprint density at radius 2 is 2.22 bits per heavy atom. The second kappa shape index (κ2) is 7.44. The van der Waals surface area contributed by atoms with Gasteiger partial charge in [0.15, 0.2) is 0 Å². The zero-order chi connectivity index (χ0) is 13.4. The molecule has 1 heterocycles. The van der Waals surface area contributed by atoms with E-state index in [1.165, 1.54) is 0 Å². The van der Waals surface area contributed by atoms with Gasteiger partial charge < -0.3 is 20.7 Å². The van der Waals surface area contributed by atoms with E-state index in [1.807, 2.05) is 10.8 Å². The summed E-state index contributed by atoms with van der Waals surface area (Å²) < 4.78 is 1.96. The number of hydrogen-bond acceptors (Lipinski definition) is 4. The summed E-state index contributed by atoms with van der Waals surface area (Å²) in [5.74, 6) is -1.49. The van der Waals surface area contributed by atoms with Crippen molar-refractivity contribution in [2.45, 2.75) is 31.8 Å². The summed E-state index contributed by atoms with van der Waals surface area (Å²) in [5.41, 5.74) is 5.40. The normalized spacial score (nSPS) is 12.1. The first kappa shape index (κ1) is 14.2. The molecule has 0 fully saturated rings. The second-order valence-corrected chi connectivity index (χ2v) is 4.00. The Morgan fingerprint density at radius 3 is 2.83 bits per heavy atom. The van der Waals surface area contributed by atoms with E-state index in [4.69, 9.17) is 10.8 Å². The first-order chi connectivity index (χ1) is 8.59. The summed E-state index contributed by atoms with van der Waals surface area (Å²) in [6.45, 7) is 1.35. The Balaban J connectivity index is 2.06. The van der Waals surface area contributed by atoms with E-state index in [1.54, 1.807) is 12.5 Å². The minimum Gasteiger partial charge on any atom is -0.481 e. The van der Waals surface area contributed by atoms with E-state index in [0.29, 0.717) is 6.54 Å². The summed E-state index contributed by atoms with van der Waals surface area (Å²) in [7, 11) is 0. The van der Waals surface area contributed by atoms with Crippen LogP contribution in [0.15, 0.2) is 18.7 Å². The Hall–Kier alpha value is -1.89. The number of imidazole rings is 1. The van der Waals surface area contributed by atoms with Gasteiger partial charge in [0.1, 0.15) is 0 Å². The third-order valence-electron chi connectivity index (χ3n) is 2.43. The molecular weight excluding hydrogens is 236 g/mol. The number of carboxylic acid groups (broad SMARTS) is 1. The quantitative estimate of drug-likeness (QED) is 0.546. The number of aliphatic carboxylic acids is 1. The zero-order valence-electron chi connectivity index (χ0n) is 10.1. The number of aryl methyl sites for hydroxylation is 1. The SMILES string of the molecule is NC(CC(=O)O)C(=O)NCCCCn1ccnc1. The smallest absolute Gasteiger partial charge is 0.305 e. The van der Waals surface area contributed by atoms with Crippen LogP contribution in [-0.2, 0) is 16.1 Å². The summed E-state index contributed by atoms with van der Waals surface area (Å²) in [6.07, 6.45) is 6.70. The molecule has 1 rings (SSSR count). The average Bonchev–Trinajstić information content (AvgIpc) is 2.80. The Bertz CT molecular complexity index is 378. The molecule has 0 aliphatic heterocycles. The third kappa shape index (κ3) is 5.44.